The molecule has 3 rings (SSSR count). The molecule has 8 nitrogen and oxygen atoms in total. The Morgan fingerprint density at radius 1 is 1.20 bits per heavy atom. The maximum Gasteiger partial charge on any atom is 0.193 e. The lowest BCUT2D eigenvalue weighted by Crippen LogP contribution is -2.77. The standard InChI is InChI=1S/C16H19ClO8/c1-14(23)5-15(24)10(19)7-3-6(25-2)4-8(18)9(7)11(20)16(15,17)13(22)12(14)21/h3-4,10,12-13,18-19,21-24H,5H2,1-2H3. The van der Waals surface area contributed by atoms with Gasteiger partial charge in [-0.1, -0.05) is 0 Å². The van der Waals surface area contributed by atoms with Crippen LogP contribution in [-0.4, -0.2) is 71.8 Å². The Labute approximate surface area is 147 Å². The summed E-state index contributed by atoms with van der Waals surface area (Å²) >= 11 is 6.29. The predicted octanol–water partition coefficient (Wildman–Crippen LogP) is -0.784. The third kappa shape index (κ3) is 2.09. The first kappa shape index (κ1) is 18.4. The number of carbonyl (C=O) groups excluding carboxylic acids is 1. The summed E-state index contributed by atoms with van der Waals surface area (Å²) in [6.07, 6.45) is -6.48. The smallest absolute Gasteiger partial charge is 0.193 e. The van der Waals surface area contributed by atoms with Crippen LogP contribution in [0.3, 0.4) is 0 Å². The quantitative estimate of drug-likeness (QED) is 0.351. The van der Waals surface area contributed by atoms with Crippen LogP contribution in [0.1, 0.15) is 35.4 Å². The number of phenolic OH excluding ortho intramolecular Hbond substituents is 1. The summed E-state index contributed by atoms with van der Waals surface area (Å²) in [5.74, 6) is -1.50. The number of aliphatic hydroxyl groups excluding tert-OH is 3. The van der Waals surface area contributed by atoms with Crippen molar-refractivity contribution in [1.29, 1.82) is 0 Å². The number of carbonyl (C=O) groups is 1. The van der Waals surface area contributed by atoms with Crippen LogP contribution in [0.5, 0.6) is 11.5 Å². The topological polar surface area (TPSA) is 148 Å². The van der Waals surface area contributed by atoms with Crippen LogP contribution in [0.15, 0.2) is 12.1 Å². The van der Waals surface area contributed by atoms with Gasteiger partial charge >= 0.3 is 0 Å². The van der Waals surface area contributed by atoms with Crippen molar-refractivity contribution in [2.24, 2.45) is 0 Å². The number of ether oxygens (including phenoxy) is 1. The maximum absolute atomic E-state index is 13.0. The number of fused-ring (bicyclic) bond motifs is 2. The molecule has 0 amide bonds. The van der Waals surface area contributed by atoms with Gasteiger partial charge in [-0.25, -0.2) is 0 Å². The highest BCUT2D eigenvalue weighted by molar-refractivity contribution is 6.40. The number of aromatic hydroxyl groups is 1. The van der Waals surface area contributed by atoms with Crippen LogP contribution in [0.25, 0.3) is 0 Å². The third-order valence-corrected chi connectivity index (χ3v) is 5.99. The lowest BCUT2D eigenvalue weighted by molar-refractivity contribution is -0.236. The van der Waals surface area contributed by atoms with Gasteiger partial charge in [0.2, 0.25) is 0 Å². The second kappa shape index (κ2) is 5.29. The van der Waals surface area contributed by atoms with E-state index in [1.165, 1.54) is 13.2 Å². The van der Waals surface area contributed by atoms with E-state index in [1.54, 1.807) is 0 Å². The summed E-state index contributed by atoms with van der Waals surface area (Å²) < 4.78 is 4.98. The van der Waals surface area contributed by atoms with Gasteiger partial charge < -0.3 is 35.4 Å². The zero-order valence-corrected chi connectivity index (χ0v) is 14.2. The third-order valence-electron chi connectivity index (χ3n) is 5.26. The van der Waals surface area contributed by atoms with Gasteiger partial charge in [0.25, 0.3) is 0 Å². The Morgan fingerprint density at radius 2 is 1.80 bits per heavy atom. The normalized spacial score (nSPS) is 43.4. The average Bonchev–Trinajstić information content (AvgIpc) is 2.54. The summed E-state index contributed by atoms with van der Waals surface area (Å²) in [7, 11) is 1.31. The summed E-state index contributed by atoms with van der Waals surface area (Å²) in [5, 5.41) is 62.8. The summed E-state index contributed by atoms with van der Waals surface area (Å²) in [4.78, 5) is 10.4. The van der Waals surface area contributed by atoms with Gasteiger partial charge in [0.15, 0.2) is 10.7 Å². The fourth-order valence-electron chi connectivity index (χ4n) is 3.86. The molecule has 0 spiro atoms. The largest absolute Gasteiger partial charge is 0.507 e. The number of halogens is 1. The van der Waals surface area contributed by atoms with E-state index in [1.807, 2.05) is 0 Å². The number of hydrogen-bond acceptors (Lipinski definition) is 8. The second-order valence-electron chi connectivity index (χ2n) is 6.90. The number of methoxy groups -OCH3 is 1. The van der Waals surface area contributed by atoms with Gasteiger partial charge in [0.1, 0.15) is 35.4 Å². The highest BCUT2D eigenvalue weighted by atomic mass is 35.5. The van der Waals surface area contributed by atoms with Crippen molar-refractivity contribution in [3.05, 3.63) is 23.3 Å². The number of alkyl halides is 1. The molecule has 9 heteroatoms. The average molecular weight is 375 g/mol. The molecule has 1 saturated carbocycles. The molecule has 1 aromatic carbocycles. The molecule has 0 radical (unpaired) electrons. The van der Waals surface area contributed by atoms with Crippen molar-refractivity contribution in [2.75, 3.05) is 7.11 Å². The second-order valence-corrected chi connectivity index (χ2v) is 7.50. The molecule has 2 aliphatic rings. The first-order valence-corrected chi connectivity index (χ1v) is 7.93. The molecular formula is C16H19ClO8. The van der Waals surface area contributed by atoms with Gasteiger partial charge in [-0.05, 0) is 13.0 Å². The van der Waals surface area contributed by atoms with Crippen molar-refractivity contribution in [1.82, 2.24) is 0 Å². The molecule has 6 atom stereocenters. The number of ketones is 1. The molecule has 0 bridgehead atoms. The lowest BCUT2D eigenvalue weighted by atomic mass is 9.57. The van der Waals surface area contributed by atoms with Crippen LogP contribution in [0.2, 0.25) is 0 Å². The van der Waals surface area contributed by atoms with Gasteiger partial charge in [-0.15, -0.1) is 11.6 Å². The van der Waals surface area contributed by atoms with E-state index < -0.39 is 52.3 Å². The zero-order valence-electron chi connectivity index (χ0n) is 13.5. The molecule has 0 aromatic heterocycles. The molecule has 0 aliphatic heterocycles. The Hall–Kier alpha value is -1.42. The van der Waals surface area contributed by atoms with E-state index in [0.717, 1.165) is 13.0 Å². The number of hydrogen-bond donors (Lipinski definition) is 6. The predicted molar refractivity (Wildman–Crippen MR) is 84.7 cm³/mol. The fourth-order valence-corrected chi connectivity index (χ4v) is 4.25. The van der Waals surface area contributed by atoms with E-state index in [0.29, 0.717) is 0 Å². The summed E-state index contributed by atoms with van der Waals surface area (Å²) in [6, 6.07) is 2.37. The summed E-state index contributed by atoms with van der Waals surface area (Å²) in [5.41, 5.74) is -5.06. The Bertz CT molecular complexity index is 750. The SMILES string of the molecule is COc1cc(O)c2c(c1)C(O)C1(O)CC(C)(O)C(O)C(O)C1(Cl)C2=O. The van der Waals surface area contributed by atoms with Gasteiger partial charge in [-0.3, -0.25) is 4.79 Å². The molecular weight excluding hydrogens is 356 g/mol. The number of aliphatic hydroxyl groups is 5. The molecule has 0 heterocycles. The monoisotopic (exact) mass is 374 g/mol. The molecule has 1 aromatic rings. The summed E-state index contributed by atoms with van der Waals surface area (Å²) in [6.45, 7) is 1.14. The van der Waals surface area contributed by atoms with Crippen molar-refractivity contribution >= 4 is 17.4 Å². The van der Waals surface area contributed by atoms with Crippen LogP contribution in [-0.2, 0) is 0 Å². The lowest BCUT2D eigenvalue weighted by Gasteiger charge is -2.58. The molecule has 6 unspecified atom stereocenters. The Kier molecular flexibility index (Phi) is 3.89. The minimum Gasteiger partial charge on any atom is -0.507 e. The Morgan fingerprint density at radius 3 is 2.36 bits per heavy atom. The molecule has 138 valence electrons. The van der Waals surface area contributed by atoms with Crippen molar-refractivity contribution in [3.63, 3.8) is 0 Å². The van der Waals surface area contributed by atoms with E-state index in [9.17, 15) is 35.4 Å². The van der Waals surface area contributed by atoms with Gasteiger partial charge in [-0.2, -0.15) is 0 Å². The van der Waals surface area contributed by atoms with Gasteiger partial charge in [0, 0.05) is 18.1 Å². The number of rotatable bonds is 1. The van der Waals surface area contributed by atoms with E-state index in [4.69, 9.17) is 16.3 Å². The van der Waals surface area contributed by atoms with Crippen LogP contribution < -0.4 is 4.74 Å². The molecule has 6 N–H and O–H groups in total. The van der Waals surface area contributed by atoms with E-state index in [-0.39, 0.29) is 16.9 Å². The van der Waals surface area contributed by atoms with Crippen LogP contribution in [0.4, 0.5) is 0 Å². The molecule has 25 heavy (non-hydrogen) atoms. The van der Waals surface area contributed by atoms with E-state index >= 15 is 0 Å². The highest BCUT2D eigenvalue weighted by Gasteiger charge is 2.73. The zero-order chi connectivity index (χ0) is 18.9. The minimum absolute atomic E-state index is 0.122. The van der Waals surface area contributed by atoms with Crippen molar-refractivity contribution in [3.8, 4) is 11.5 Å². The molecule has 2 aliphatic carbocycles. The first-order valence-electron chi connectivity index (χ1n) is 7.55. The van der Waals surface area contributed by atoms with Crippen LogP contribution in [0, 0.1) is 0 Å². The first-order chi connectivity index (χ1) is 11.4. The number of Topliss-reactive ketones (excluding diaryl/α,β-unsaturated/α-hetero) is 1. The molecule has 0 saturated heterocycles. The highest BCUT2D eigenvalue weighted by Crippen LogP contribution is 2.58. The number of phenols is 1. The van der Waals surface area contributed by atoms with Crippen molar-refractivity contribution < 1.29 is 40.2 Å². The molecule has 1 fully saturated rings. The van der Waals surface area contributed by atoms with Crippen LogP contribution >= 0.6 is 11.6 Å². The fraction of sp³-hybridized carbons (Fsp3) is 0.562. The van der Waals surface area contributed by atoms with E-state index in [2.05, 4.69) is 0 Å². The number of benzene rings is 1. The van der Waals surface area contributed by atoms with Gasteiger partial charge in [0.05, 0.1) is 18.3 Å². The van der Waals surface area contributed by atoms with Crippen molar-refractivity contribution in [2.45, 2.75) is 47.7 Å². The maximum atomic E-state index is 13.0. The Balaban J connectivity index is 2.31. The minimum atomic E-state index is -2.56.